The highest BCUT2D eigenvalue weighted by Crippen LogP contribution is 2.29. The number of rotatable bonds is 5. The van der Waals surface area contributed by atoms with Crippen LogP contribution in [-0.4, -0.2) is 24.0 Å². The molecule has 21 heavy (non-hydrogen) atoms. The molecule has 5 nitrogen and oxygen atoms in total. The number of carbonyl (C=O) groups excluding carboxylic acids is 2. The maximum atomic E-state index is 12.0. The van der Waals surface area contributed by atoms with Gasteiger partial charge < -0.3 is 16.4 Å². The Kier molecular flexibility index (Phi) is 4.83. The molecule has 1 unspecified atom stereocenters. The summed E-state index contributed by atoms with van der Waals surface area (Å²) in [6.07, 6.45) is 3.10. The Labute approximate surface area is 125 Å². The maximum Gasteiger partial charge on any atom is 0.315 e. The van der Waals surface area contributed by atoms with Gasteiger partial charge in [0.2, 0.25) is 5.91 Å². The number of amides is 3. The lowest BCUT2D eigenvalue weighted by molar-refractivity contribution is -0.123. The molecule has 3 amide bonds. The van der Waals surface area contributed by atoms with Crippen molar-refractivity contribution >= 4 is 11.9 Å². The summed E-state index contributed by atoms with van der Waals surface area (Å²) in [7, 11) is 0. The number of hydrogen-bond acceptors (Lipinski definition) is 2. The predicted octanol–water partition coefficient (Wildman–Crippen LogP) is 1.89. The minimum atomic E-state index is -0.861. The molecule has 1 aliphatic carbocycles. The van der Waals surface area contributed by atoms with Crippen LogP contribution in [0, 0.1) is 0 Å². The standard InChI is InChI=1S/C16H23N3O2/c1-12(13-7-3-2-4-8-13)11-18-15(21)19-16(14(17)20)9-5-6-10-16/h2-4,7-8,12H,5-6,9-11H2,1H3,(H2,17,20)(H2,18,19,21). The van der Waals surface area contributed by atoms with Crippen LogP contribution >= 0.6 is 0 Å². The lowest BCUT2D eigenvalue weighted by atomic mass is 9.97. The number of hydrogen-bond donors (Lipinski definition) is 3. The first-order chi connectivity index (χ1) is 10.0. The highest BCUT2D eigenvalue weighted by Gasteiger charge is 2.40. The Balaban J connectivity index is 1.86. The third kappa shape index (κ3) is 3.74. The molecule has 1 saturated carbocycles. The SMILES string of the molecule is CC(CNC(=O)NC1(C(N)=O)CCCC1)c1ccccc1. The van der Waals surface area contributed by atoms with Crippen molar-refractivity contribution in [3.8, 4) is 0 Å². The van der Waals surface area contributed by atoms with Gasteiger partial charge in [0, 0.05) is 6.54 Å². The zero-order chi connectivity index (χ0) is 15.3. The van der Waals surface area contributed by atoms with Crippen LogP contribution in [0.2, 0.25) is 0 Å². The second-order valence-electron chi connectivity index (χ2n) is 5.80. The van der Waals surface area contributed by atoms with Crippen LogP contribution in [0.15, 0.2) is 30.3 Å². The van der Waals surface area contributed by atoms with Crippen LogP contribution in [0.3, 0.4) is 0 Å². The number of carbonyl (C=O) groups is 2. The quantitative estimate of drug-likeness (QED) is 0.773. The van der Waals surface area contributed by atoms with E-state index in [0.717, 1.165) is 12.8 Å². The molecule has 0 bridgehead atoms. The minimum absolute atomic E-state index is 0.213. The summed E-state index contributed by atoms with van der Waals surface area (Å²) in [6.45, 7) is 2.57. The Morgan fingerprint density at radius 3 is 2.43 bits per heavy atom. The first kappa shape index (κ1) is 15.4. The molecule has 1 atom stereocenters. The molecule has 1 aromatic rings. The molecule has 0 heterocycles. The molecular weight excluding hydrogens is 266 g/mol. The fraction of sp³-hybridized carbons (Fsp3) is 0.500. The van der Waals surface area contributed by atoms with Crippen LogP contribution in [0.5, 0.6) is 0 Å². The maximum absolute atomic E-state index is 12.0. The summed E-state index contributed by atoms with van der Waals surface area (Å²) < 4.78 is 0. The van der Waals surface area contributed by atoms with Crippen molar-refractivity contribution in [3.05, 3.63) is 35.9 Å². The zero-order valence-electron chi connectivity index (χ0n) is 12.4. The van der Waals surface area contributed by atoms with Crippen molar-refractivity contribution < 1.29 is 9.59 Å². The predicted molar refractivity (Wildman–Crippen MR) is 81.8 cm³/mol. The van der Waals surface area contributed by atoms with E-state index in [0.29, 0.717) is 19.4 Å². The number of urea groups is 1. The van der Waals surface area contributed by atoms with Crippen LogP contribution in [0.1, 0.15) is 44.1 Å². The van der Waals surface area contributed by atoms with Crippen LogP contribution < -0.4 is 16.4 Å². The van der Waals surface area contributed by atoms with E-state index in [4.69, 9.17) is 5.73 Å². The van der Waals surface area contributed by atoms with Gasteiger partial charge in [0.25, 0.3) is 0 Å². The van der Waals surface area contributed by atoms with Gasteiger partial charge in [-0.25, -0.2) is 4.79 Å². The molecule has 1 aliphatic rings. The summed E-state index contributed by atoms with van der Waals surface area (Å²) in [5.74, 6) is -0.226. The Hall–Kier alpha value is -2.04. The van der Waals surface area contributed by atoms with Crippen molar-refractivity contribution in [1.82, 2.24) is 10.6 Å². The molecule has 114 valence electrons. The number of nitrogens with one attached hydrogen (secondary N) is 2. The fourth-order valence-corrected chi connectivity index (χ4v) is 2.82. The number of nitrogens with two attached hydrogens (primary N) is 1. The summed E-state index contributed by atoms with van der Waals surface area (Å²) in [5, 5.41) is 5.60. The third-order valence-electron chi connectivity index (χ3n) is 4.22. The average Bonchev–Trinajstić information content (AvgIpc) is 2.95. The molecular formula is C16H23N3O2. The lowest BCUT2D eigenvalue weighted by Gasteiger charge is -2.27. The van der Waals surface area contributed by atoms with Crippen LogP contribution in [0.25, 0.3) is 0 Å². The fourth-order valence-electron chi connectivity index (χ4n) is 2.82. The van der Waals surface area contributed by atoms with Crippen LogP contribution in [-0.2, 0) is 4.79 Å². The molecule has 0 spiro atoms. The van der Waals surface area contributed by atoms with Gasteiger partial charge in [-0.3, -0.25) is 4.79 Å². The van der Waals surface area contributed by atoms with Gasteiger partial charge in [0.15, 0.2) is 0 Å². The smallest absolute Gasteiger partial charge is 0.315 e. The molecule has 1 aromatic carbocycles. The molecule has 2 rings (SSSR count). The van der Waals surface area contributed by atoms with Gasteiger partial charge in [0.05, 0.1) is 0 Å². The highest BCUT2D eigenvalue weighted by atomic mass is 16.2. The monoisotopic (exact) mass is 289 g/mol. The molecule has 1 fully saturated rings. The number of primary amides is 1. The van der Waals surface area contributed by atoms with E-state index in [2.05, 4.69) is 17.6 Å². The second-order valence-corrected chi connectivity index (χ2v) is 5.80. The Morgan fingerprint density at radius 1 is 1.24 bits per heavy atom. The first-order valence-electron chi connectivity index (χ1n) is 7.44. The summed E-state index contributed by atoms with van der Waals surface area (Å²) in [4.78, 5) is 23.6. The number of benzene rings is 1. The van der Waals surface area contributed by atoms with Crippen LogP contribution in [0.4, 0.5) is 4.79 Å². The largest absolute Gasteiger partial charge is 0.368 e. The summed E-state index contributed by atoms with van der Waals surface area (Å²) in [5.41, 5.74) is 5.76. The van der Waals surface area contributed by atoms with Gasteiger partial charge in [-0.2, -0.15) is 0 Å². The van der Waals surface area contributed by atoms with Gasteiger partial charge in [-0.1, -0.05) is 50.1 Å². The molecule has 0 saturated heterocycles. The van der Waals surface area contributed by atoms with E-state index in [1.165, 1.54) is 5.56 Å². The first-order valence-corrected chi connectivity index (χ1v) is 7.44. The van der Waals surface area contributed by atoms with Crippen molar-refractivity contribution in [1.29, 1.82) is 0 Å². The second kappa shape index (κ2) is 6.61. The van der Waals surface area contributed by atoms with Gasteiger partial charge in [-0.15, -0.1) is 0 Å². The van der Waals surface area contributed by atoms with Gasteiger partial charge >= 0.3 is 6.03 Å². The van der Waals surface area contributed by atoms with Crippen molar-refractivity contribution in [2.24, 2.45) is 5.73 Å². The van der Waals surface area contributed by atoms with Crippen molar-refractivity contribution in [2.45, 2.75) is 44.1 Å². The third-order valence-corrected chi connectivity index (χ3v) is 4.22. The molecule has 0 radical (unpaired) electrons. The van der Waals surface area contributed by atoms with E-state index in [-0.39, 0.29) is 11.9 Å². The molecule has 5 heteroatoms. The van der Waals surface area contributed by atoms with Gasteiger partial charge in [-0.05, 0) is 24.3 Å². The van der Waals surface area contributed by atoms with Crippen molar-refractivity contribution in [3.63, 3.8) is 0 Å². The topological polar surface area (TPSA) is 84.2 Å². The minimum Gasteiger partial charge on any atom is -0.368 e. The van der Waals surface area contributed by atoms with E-state index in [9.17, 15) is 9.59 Å². The summed E-state index contributed by atoms with van der Waals surface area (Å²) in [6, 6.07) is 9.67. The van der Waals surface area contributed by atoms with E-state index in [1.54, 1.807) is 0 Å². The zero-order valence-corrected chi connectivity index (χ0v) is 12.4. The highest BCUT2D eigenvalue weighted by molar-refractivity contribution is 5.90. The average molecular weight is 289 g/mol. The lowest BCUT2D eigenvalue weighted by Crippen LogP contribution is -2.58. The molecule has 0 aromatic heterocycles. The van der Waals surface area contributed by atoms with E-state index < -0.39 is 11.4 Å². The Morgan fingerprint density at radius 2 is 1.86 bits per heavy atom. The van der Waals surface area contributed by atoms with E-state index in [1.807, 2.05) is 30.3 Å². The summed E-state index contributed by atoms with van der Waals surface area (Å²) >= 11 is 0. The van der Waals surface area contributed by atoms with Crippen molar-refractivity contribution in [2.75, 3.05) is 6.54 Å². The molecule has 4 N–H and O–H groups in total. The normalized spacial score (nSPS) is 18.0. The Bertz CT molecular complexity index is 496. The molecule has 0 aliphatic heterocycles. The van der Waals surface area contributed by atoms with E-state index >= 15 is 0 Å². The van der Waals surface area contributed by atoms with Gasteiger partial charge in [0.1, 0.15) is 5.54 Å².